The molecule has 1 aromatic rings. The second-order valence-electron chi connectivity index (χ2n) is 4.05. The normalized spacial score (nSPS) is 21.3. The van der Waals surface area contributed by atoms with E-state index < -0.39 is 10.0 Å². The van der Waals surface area contributed by atoms with Crippen LogP contribution in [0.25, 0.3) is 0 Å². The van der Waals surface area contributed by atoms with E-state index in [9.17, 15) is 8.42 Å². The number of hydrogen-bond donors (Lipinski definition) is 1. The number of methoxy groups -OCH3 is 1. The van der Waals surface area contributed by atoms with Gasteiger partial charge in [0.05, 0.1) is 6.10 Å². The van der Waals surface area contributed by atoms with Crippen LogP contribution in [-0.2, 0) is 14.8 Å². The fourth-order valence-electron chi connectivity index (χ4n) is 1.89. The van der Waals surface area contributed by atoms with Gasteiger partial charge in [0.1, 0.15) is 10.7 Å². The van der Waals surface area contributed by atoms with Crippen LogP contribution in [0.5, 0.6) is 0 Å². The summed E-state index contributed by atoms with van der Waals surface area (Å²) in [7, 11) is -2.02. The number of nitrogens with two attached hydrogens (primary N) is 1. The van der Waals surface area contributed by atoms with Crippen molar-refractivity contribution in [2.75, 3.05) is 25.9 Å². The molecule has 0 aromatic carbocycles. The third-order valence-electron chi connectivity index (χ3n) is 2.91. The van der Waals surface area contributed by atoms with Gasteiger partial charge in [0.2, 0.25) is 10.0 Å². The average Bonchev–Trinajstić information content (AvgIpc) is 2.81. The van der Waals surface area contributed by atoms with Gasteiger partial charge in [-0.1, -0.05) is 0 Å². The fraction of sp³-hybridized carbons (Fsp3) is 0.500. The molecule has 1 fully saturated rings. The highest BCUT2D eigenvalue weighted by Crippen LogP contribution is 2.27. The second-order valence-corrected chi connectivity index (χ2v) is 6.87. The van der Waals surface area contributed by atoms with Crippen LogP contribution in [0.2, 0.25) is 0 Å². The molecule has 0 radical (unpaired) electrons. The van der Waals surface area contributed by atoms with Crippen LogP contribution in [0.1, 0.15) is 6.42 Å². The zero-order valence-corrected chi connectivity index (χ0v) is 12.2. The van der Waals surface area contributed by atoms with Gasteiger partial charge in [-0.2, -0.15) is 4.31 Å². The zero-order chi connectivity index (χ0) is 13.3. The van der Waals surface area contributed by atoms with Crippen molar-refractivity contribution in [2.24, 2.45) is 0 Å². The summed E-state index contributed by atoms with van der Waals surface area (Å²) in [6, 6.07) is 1.47. The maximum atomic E-state index is 12.4. The molecule has 18 heavy (non-hydrogen) atoms. The molecule has 0 spiro atoms. The summed E-state index contributed by atoms with van der Waals surface area (Å²) in [5.74, 6) is 0.0130. The number of nitrogen functional groups attached to an aromatic ring is 1. The molecule has 0 bridgehead atoms. The Bertz CT molecular complexity index is 549. The molecule has 0 aliphatic carbocycles. The van der Waals surface area contributed by atoms with E-state index in [0.29, 0.717) is 24.0 Å². The number of nitrogens with zero attached hydrogens (tertiary/aromatic N) is 2. The number of sulfonamides is 1. The first kappa shape index (κ1) is 13.7. The Morgan fingerprint density at radius 3 is 2.94 bits per heavy atom. The van der Waals surface area contributed by atoms with Crippen LogP contribution in [-0.4, -0.2) is 44.0 Å². The summed E-state index contributed by atoms with van der Waals surface area (Å²) in [5, 5.41) is 0. The highest BCUT2D eigenvalue weighted by Gasteiger charge is 2.34. The number of hydrogen-bond acceptors (Lipinski definition) is 5. The van der Waals surface area contributed by atoms with Gasteiger partial charge < -0.3 is 10.5 Å². The van der Waals surface area contributed by atoms with E-state index in [1.807, 2.05) is 0 Å². The summed E-state index contributed by atoms with van der Waals surface area (Å²) >= 11 is 3.20. The Morgan fingerprint density at radius 1 is 1.61 bits per heavy atom. The lowest BCUT2D eigenvalue weighted by molar-refractivity contribution is 0.115. The lowest BCUT2D eigenvalue weighted by Gasteiger charge is -2.17. The van der Waals surface area contributed by atoms with Gasteiger partial charge >= 0.3 is 0 Å². The molecule has 8 heteroatoms. The summed E-state index contributed by atoms with van der Waals surface area (Å²) in [6.07, 6.45) is 2.11. The van der Waals surface area contributed by atoms with E-state index in [-0.39, 0.29) is 16.8 Å². The molecule has 2 heterocycles. The largest absolute Gasteiger partial charge is 0.383 e. The molecule has 1 aliphatic rings. The molecule has 2 rings (SSSR count). The highest BCUT2D eigenvalue weighted by molar-refractivity contribution is 9.10. The van der Waals surface area contributed by atoms with Crippen molar-refractivity contribution < 1.29 is 13.2 Å². The van der Waals surface area contributed by atoms with Crippen LogP contribution in [0.15, 0.2) is 21.6 Å². The molecule has 2 N–H and O–H groups in total. The smallest absolute Gasteiger partial charge is 0.246 e. The van der Waals surface area contributed by atoms with Crippen molar-refractivity contribution in [2.45, 2.75) is 17.4 Å². The van der Waals surface area contributed by atoms with Crippen LogP contribution in [0.3, 0.4) is 0 Å². The minimum Gasteiger partial charge on any atom is -0.383 e. The van der Waals surface area contributed by atoms with Crippen molar-refractivity contribution in [3.8, 4) is 0 Å². The van der Waals surface area contributed by atoms with E-state index >= 15 is 0 Å². The lowest BCUT2D eigenvalue weighted by atomic mass is 10.3. The monoisotopic (exact) mass is 335 g/mol. The van der Waals surface area contributed by atoms with Gasteiger partial charge in [-0.25, -0.2) is 13.4 Å². The summed E-state index contributed by atoms with van der Waals surface area (Å²) in [4.78, 5) is 3.89. The first-order chi connectivity index (χ1) is 8.45. The Labute approximate surface area is 114 Å². The van der Waals surface area contributed by atoms with Gasteiger partial charge in [0.25, 0.3) is 0 Å². The summed E-state index contributed by atoms with van der Waals surface area (Å²) in [6.45, 7) is 0.789. The zero-order valence-electron chi connectivity index (χ0n) is 9.84. The molecule has 0 amide bonds. The molecule has 1 aliphatic heterocycles. The second kappa shape index (κ2) is 5.12. The number of ether oxygens (including phenoxy) is 1. The third-order valence-corrected chi connectivity index (χ3v) is 5.24. The van der Waals surface area contributed by atoms with E-state index in [4.69, 9.17) is 10.5 Å². The summed E-state index contributed by atoms with van der Waals surface area (Å²) < 4.78 is 31.9. The van der Waals surface area contributed by atoms with Gasteiger partial charge in [0, 0.05) is 30.9 Å². The Balaban J connectivity index is 2.34. The van der Waals surface area contributed by atoms with E-state index in [0.717, 1.165) is 0 Å². The van der Waals surface area contributed by atoms with Crippen molar-refractivity contribution in [1.29, 1.82) is 0 Å². The van der Waals surface area contributed by atoms with Gasteiger partial charge in [-0.05, 0) is 28.4 Å². The Morgan fingerprint density at radius 2 is 2.33 bits per heavy atom. The van der Waals surface area contributed by atoms with Gasteiger partial charge in [0.15, 0.2) is 0 Å². The first-order valence-electron chi connectivity index (χ1n) is 5.39. The van der Waals surface area contributed by atoms with Crippen molar-refractivity contribution in [3.63, 3.8) is 0 Å². The van der Waals surface area contributed by atoms with Gasteiger partial charge in [-0.3, -0.25) is 0 Å². The standard InChI is InChI=1S/C10H14BrN3O3S/c1-17-8-2-3-14(6-8)18(15,16)9-4-7(11)5-13-10(9)12/h4-5,8H,2-3,6H2,1H3,(H2,12,13). The topological polar surface area (TPSA) is 85.5 Å². The molecule has 1 unspecified atom stereocenters. The lowest BCUT2D eigenvalue weighted by Crippen LogP contribution is -2.30. The maximum Gasteiger partial charge on any atom is 0.246 e. The molecule has 100 valence electrons. The van der Waals surface area contributed by atoms with E-state index in [1.165, 1.54) is 16.6 Å². The molecule has 1 atom stereocenters. The van der Waals surface area contributed by atoms with Crippen molar-refractivity contribution in [3.05, 3.63) is 16.7 Å². The number of anilines is 1. The van der Waals surface area contributed by atoms with Gasteiger partial charge in [-0.15, -0.1) is 0 Å². The maximum absolute atomic E-state index is 12.4. The molecule has 1 aromatic heterocycles. The van der Waals surface area contributed by atoms with Crippen LogP contribution in [0.4, 0.5) is 5.82 Å². The number of rotatable bonds is 3. The molecule has 0 saturated carbocycles. The fourth-order valence-corrected chi connectivity index (χ4v) is 3.95. The minimum absolute atomic E-state index is 0.0130. The molecular formula is C10H14BrN3O3S. The Kier molecular flexibility index (Phi) is 3.90. The third kappa shape index (κ3) is 2.51. The highest BCUT2D eigenvalue weighted by atomic mass is 79.9. The average molecular weight is 336 g/mol. The molecule has 6 nitrogen and oxygen atoms in total. The summed E-state index contributed by atoms with van der Waals surface area (Å²) in [5.41, 5.74) is 5.64. The van der Waals surface area contributed by atoms with Crippen LogP contribution < -0.4 is 5.73 Å². The predicted octanol–water partition coefficient (Wildman–Crippen LogP) is 0.836. The quantitative estimate of drug-likeness (QED) is 0.884. The van der Waals surface area contributed by atoms with E-state index in [2.05, 4.69) is 20.9 Å². The molecule has 1 saturated heterocycles. The van der Waals surface area contributed by atoms with Crippen LogP contribution in [0, 0.1) is 0 Å². The molecular weight excluding hydrogens is 322 g/mol. The van der Waals surface area contributed by atoms with Crippen molar-refractivity contribution >= 4 is 31.8 Å². The first-order valence-corrected chi connectivity index (χ1v) is 7.62. The predicted molar refractivity (Wildman–Crippen MR) is 70.5 cm³/mol. The Hall–Kier alpha value is -0.700. The minimum atomic E-state index is -3.60. The van der Waals surface area contributed by atoms with Crippen LogP contribution >= 0.6 is 15.9 Å². The number of pyridine rings is 1. The number of aromatic nitrogens is 1. The van der Waals surface area contributed by atoms with Crippen molar-refractivity contribution in [1.82, 2.24) is 9.29 Å². The number of halogens is 1. The van der Waals surface area contributed by atoms with E-state index in [1.54, 1.807) is 7.11 Å². The SMILES string of the molecule is COC1CCN(S(=O)(=O)c2cc(Br)cnc2N)C1.